The Morgan fingerprint density at radius 1 is 0.900 bits per heavy atom. The number of hydrogen-bond donors (Lipinski definition) is 0. The van der Waals surface area contributed by atoms with Crippen molar-refractivity contribution in [2.75, 3.05) is 20.8 Å². The van der Waals surface area contributed by atoms with Gasteiger partial charge in [-0.15, -0.1) is 0 Å². The third-order valence-corrected chi connectivity index (χ3v) is 12.2. The van der Waals surface area contributed by atoms with Gasteiger partial charge in [0.25, 0.3) is 8.32 Å². The molecular formula is C33H42O6Si. The van der Waals surface area contributed by atoms with Crippen molar-refractivity contribution >= 4 is 30.9 Å². The largest absolute Gasteiger partial charge is 0.496 e. The first kappa shape index (κ1) is 31.1. The zero-order valence-electron chi connectivity index (χ0n) is 24.6. The number of hydrogen-bond acceptors (Lipinski definition) is 6. The van der Waals surface area contributed by atoms with Crippen molar-refractivity contribution in [1.29, 1.82) is 0 Å². The summed E-state index contributed by atoms with van der Waals surface area (Å²) >= 11 is 0. The minimum Gasteiger partial charge on any atom is -0.496 e. The number of benzene rings is 3. The van der Waals surface area contributed by atoms with Gasteiger partial charge in [-0.2, -0.15) is 0 Å². The predicted molar refractivity (Wildman–Crippen MR) is 161 cm³/mol. The number of methoxy groups -OCH3 is 2. The van der Waals surface area contributed by atoms with Crippen LogP contribution in [0.2, 0.25) is 5.04 Å². The number of ether oxygens (including phenoxy) is 3. The molecule has 0 heterocycles. The highest BCUT2D eigenvalue weighted by atomic mass is 28.4. The van der Waals surface area contributed by atoms with Gasteiger partial charge in [-0.05, 0) is 46.5 Å². The van der Waals surface area contributed by atoms with Crippen LogP contribution in [0.1, 0.15) is 64.0 Å². The normalized spacial score (nSPS) is 12.4. The summed E-state index contributed by atoms with van der Waals surface area (Å²) in [4.78, 5) is 23.6. The molecule has 0 radical (unpaired) electrons. The molecule has 0 bridgehead atoms. The number of rotatable bonds is 14. The maximum atomic E-state index is 12.4. The summed E-state index contributed by atoms with van der Waals surface area (Å²) in [6, 6.07) is 24.9. The smallest absolute Gasteiger partial charge is 0.306 e. The summed E-state index contributed by atoms with van der Waals surface area (Å²) in [5.41, 5.74) is 1.66. The van der Waals surface area contributed by atoms with E-state index >= 15 is 0 Å². The zero-order valence-corrected chi connectivity index (χ0v) is 25.6. The van der Waals surface area contributed by atoms with E-state index in [1.807, 2.05) is 24.3 Å². The maximum Gasteiger partial charge on any atom is 0.306 e. The van der Waals surface area contributed by atoms with E-state index in [0.29, 0.717) is 37.6 Å². The first-order valence-corrected chi connectivity index (χ1v) is 15.7. The van der Waals surface area contributed by atoms with Crippen LogP contribution in [0, 0.1) is 0 Å². The molecule has 0 aliphatic heterocycles. The monoisotopic (exact) mass is 562 g/mol. The first-order valence-electron chi connectivity index (χ1n) is 13.8. The summed E-state index contributed by atoms with van der Waals surface area (Å²) in [6.45, 7) is 9.16. The minimum absolute atomic E-state index is 0.131. The van der Waals surface area contributed by atoms with Crippen molar-refractivity contribution in [3.8, 4) is 11.5 Å². The highest BCUT2D eigenvalue weighted by Gasteiger charge is 2.50. The summed E-state index contributed by atoms with van der Waals surface area (Å²) in [6.07, 6.45) is 1.79. The Morgan fingerprint density at radius 3 is 1.85 bits per heavy atom. The molecule has 0 saturated carbocycles. The molecule has 1 atom stereocenters. The van der Waals surface area contributed by atoms with Gasteiger partial charge in [-0.1, -0.05) is 81.4 Å². The molecule has 0 spiro atoms. The topological polar surface area (TPSA) is 71.1 Å². The van der Waals surface area contributed by atoms with Crippen LogP contribution in [0.3, 0.4) is 0 Å². The molecule has 0 fully saturated rings. The molecule has 40 heavy (non-hydrogen) atoms. The van der Waals surface area contributed by atoms with E-state index in [4.69, 9.17) is 18.6 Å². The number of aldehydes is 1. The second kappa shape index (κ2) is 14.3. The van der Waals surface area contributed by atoms with Crippen molar-refractivity contribution in [3.05, 3.63) is 83.9 Å². The van der Waals surface area contributed by atoms with Crippen molar-refractivity contribution < 1.29 is 28.2 Å². The van der Waals surface area contributed by atoms with Gasteiger partial charge in [-0.3, -0.25) is 4.79 Å². The minimum atomic E-state index is -2.75. The van der Waals surface area contributed by atoms with Gasteiger partial charge in [0.05, 0.1) is 33.9 Å². The first-order chi connectivity index (χ1) is 19.2. The predicted octanol–water partition coefficient (Wildman–Crippen LogP) is 5.80. The van der Waals surface area contributed by atoms with Crippen LogP contribution < -0.4 is 19.8 Å². The van der Waals surface area contributed by atoms with E-state index in [1.165, 1.54) is 10.4 Å². The van der Waals surface area contributed by atoms with E-state index in [0.717, 1.165) is 17.4 Å². The van der Waals surface area contributed by atoms with Crippen LogP contribution in [-0.2, 0) is 25.4 Å². The lowest BCUT2D eigenvalue weighted by Crippen LogP contribution is -2.66. The third-order valence-electron chi connectivity index (χ3n) is 7.24. The van der Waals surface area contributed by atoms with Gasteiger partial charge in [0.1, 0.15) is 17.8 Å². The quantitative estimate of drug-likeness (QED) is 0.141. The lowest BCUT2D eigenvalue weighted by atomic mass is 9.89. The van der Waals surface area contributed by atoms with Gasteiger partial charge in [0, 0.05) is 17.9 Å². The van der Waals surface area contributed by atoms with Crippen LogP contribution in [-0.4, -0.2) is 41.4 Å². The van der Waals surface area contributed by atoms with Crippen molar-refractivity contribution in [2.24, 2.45) is 0 Å². The van der Waals surface area contributed by atoms with Crippen LogP contribution in [0.15, 0.2) is 72.8 Å². The molecule has 0 N–H and O–H groups in total. The molecule has 0 saturated heterocycles. The molecule has 6 nitrogen and oxygen atoms in total. The molecule has 3 aromatic carbocycles. The Kier molecular flexibility index (Phi) is 11.1. The van der Waals surface area contributed by atoms with Crippen molar-refractivity contribution in [3.63, 3.8) is 0 Å². The fourth-order valence-electron chi connectivity index (χ4n) is 5.47. The average Bonchev–Trinajstić information content (AvgIpc) is 2.95. The van der Waals surface area contributed by atoms with Gasteiger partial charge in [0.2, 0.25) is 0 Å². The van der Waals surface area contributed by atoms with E-state index < -0.39 is 8.32 Å². The van der Waals surface area contributed by atoms with Gasteiger partial charge >= 0.3 is 5.97 Å². The van der Waals surface area contributed by atoms with Crippen LogP contribution in [0.5, 0.6) is 11.5 Å². The summed E-state index contributed by atoms with van der Waals surface area (Å²) in [7, 11) is 0.454. The molecule has 7 heteroatoms. The summed E-state index contributed by atoms with van der Waals surface area (Å²) in [5, 5.41) is 2.24. The Morgan fingerprint density at radius 2 is 1.43 bits per heavy atom. The van der Waals surface area contributed by atoms with E-state index in [2.05, 4.69) is 69.3 Å². The fraction of sp³-hybridized carbons (Fsp3) is 0.394. The summed E-state index contributed by atoms with van der Waals surface area (Å²) < 4.78 is 24.0. The van der Waals surface area contributed by atoms with Gasteiger partial charge in [-0.25, -0.2) is 0 Å². The molecule has 214 valence electrons. The maximum absolute atomic E-state index is 12.4. The zero-order chi connectivity index (χ0) is 29.2. The number of carbonyl (C=O) groups excluding carboxylic acids is 2. The highest BCUT2D eigenvalue weighted by molar-refractivity contribution is 6.99. The molecule has 0 aromatic heterocycles. The lowest BCUT2D eigenvalue weighted by Gasteiger charge is -2.43. The fourth-order valence-corrected chi connectivity index (χ4v) is 10.0. The lowest BCUT2D eigenvalue weighted by molar-refractivity contribution is -0.143. The molecule has 0 aliphatic carbocycles. The second-order valence-corrected chi connectivity index (χ2v) is 15.1. The second-order valence-electron chi connectivity index (χ2n) is 10.8. The van der Waals surface area contributed by atoms with E-state index in [-0.39, 0.29) is 23.3 Å². The average molecular weight is 563 g/mol. The molecule has 3 aromatic rings. The third kappa shape index (κ3) is 7.01. The Bertz CT molecular complexity index is 1170. The Hall–Kier alpha value is -3.42. The molecule has 0 amide bonds. The number of esters is 1. The van der Waals surface area contributed by atoms with Crippen LogP contribution in [0.25, 0.3) is 0 Å². The van der Waals surface area contributed by atoms with Gasteiger partial charge in [0.15, 0.2) is 0 Å². The standard InChI is InChI=1S/C33H42O6Si/c1-7-38-31(35)23-26(15-14-20-34)32-29(36-5)21-25(22-30(32)37-6)24-39-40(33(2,3)4,27-16-10-8-11-17-27)28-18-12-9-13-19-28/h8-13,16-22,26H,7,14-15,23-24H2,1-6H3/t26-/m1/s1. The van der Waals surface area contributed by atoms with Crippen LogP contribution >= 0.6 is 0 Å². The Balaban J connectivity index is 2.07. The van der Waals surface area contributed by atoms with E-state index in [1.54, 1.807) is 21.1 Å². The SMILES string of the molecule is CCOC(=O)C[C@@H](CCC=O)c1c(OC)cc(CO[Si](c2ccccc2)(c2ccccc2)C(C)(C)C)cc1OC. The molecular weight excluding hydrogens is 520 g/mol. The summed E-state index contributed by atoms with van der Waals surface area (Å²) in [5.74, 6) is 0.587. The molecule has 3 rings (SSSR count). The molecule has 0 aliphatic rings. The highest BCUT2D eigenvalue weighted by Crippen LogP contribution is 2.42. The Labute approximate surface area is 239 Å². The van der Waals surface area contributed by atoms with E-state index in [9.17, 15) is 9.59 Å². The van der Waals surface area contributed by atoms with Crippen molar-refractivity contribution in [1.82, 2.24) is 0 Å². The van der Waals surface area contributed by atoms with Gasteiger partial charge < -0.3 is 23.4 Å². The van der Waals surface area contributed by atoms with Crippen LogP contribution in [0.4, 0.5) is 0 Å². The molecule has 0 unspecified atom stereocenters. The number of carbonyl (C=O) groups is 2. The van der Waals surface area contributed by atoms with Crippen molar-refractivity contribution in [2.45, 2.75) is 64.5 Å².